The molecule has 112 valence electrons. The first kappa shape index (κ1) is 16.0. The molecule has 5 heteroatoms. The van der Waals surface area contributed by atoms with Gasteiger partial charge >= 0.3 is 0 Å². The molecule has 2 aliphatic heterocycles. The number of hydrogen-bond donors (Lipinski definition) is 1. The van der Waals surface area contributed by atoms with Crippen LogP contribution in [0.3, 0.4) is 0 Å². The summed E-state index contributed by atoms with van der Waals surface area (Å²) in [5, 5.41) is 3.76. The van der Waals surface area contributed by atoms with Crippen molar-refractivity contribution in [2.24, 2.45) is 0 Å². The Balaban J connectivity index is 1.59. The monoisotopic (exact) mass is 303 g/mol. The minimum absolute atomic E-state index is 0.729. The van der Waals surface area contributed by atoms with Crippen LogP contribution in [0.4, 0.5) is 0 Å². The first-order chi connectivity index (χ1) is 9.25. The van der Waals surface area contributed by atoms with E-state index in [1.165, 1.54) is 62.2 Å². The molecule has 19 heavy (non-hydrogen) atoms. The van der Waals surface area contributed by atoms with Gasteiger partial charge in [-0.25, -0.2) is 0 Å². The summed E-state index contributed by atoms with van der Waals surface area (Å²) in [7, 11) is 2.23. The minimum atomic E-state index is 0.729. The van der Waals surface area contributed by atoms with E-state index in [-0.39, 0.29) is 0 Å². The topological polar surface area (TPSA) is 18.5 Å². The number of thioether (sulfide) groups is 2. The van der Waals surface area contributed by atoms with Gasteiger partial charge in [-0.15, -0.1) is 0 Å². The number of hydrogen-bond acceptors (Lipinski definition) is 5. The molecule has 0 aromatic carbocycles. The second kappa shape index (κ2) is 8.78. The summed E-state index contributed by atoms with van der Waals surface area (Å²) in [6.07, 6.45) is 1.29. The fourth-order valence-corrected chi connectivity index (χ4v) is 5.14. The molecule has 1 N–H and O–H groups in total. The predicted octanol–water partition coefficient (Wildman–Crippen LogP) is 1.45. The Bertz CT molecular complexity index is 237. The number of nitrogens with one attached hydrogen (secondary N) is 1. The first-order valence-electron chi connectivity index (χ1n) is 7.57. The quantitative estimate of drug-likeness (QED) is 0.826. The molecule has 2 fully saturated rings. The lowest BCUT2D eigenvalue weighted by Gasteiger charge is -2.36. The second-order valence-corrected chi connectivity index (χ2v) is 8.08. The Labute approximate surface area is 127 Å². The standard InChI is InChI=1S/C14H29N3S2/c1-13(17-7-5-16(2)6-8-17)3-4-15-14-11-18-9-10-19-12-14/h13-15H,3-12H2,1-2H3/t13-/m1/s1. The Kier molecular flexibility index (Phi) is 7.37. The lowest BCUT2D eigenvalue weighted by atomic mass is 10.1. The van der Waals surface area contributed by atoms with Crippen molar-refractivity contribution in [3.05, 3.63) is 0 Å². The molecule has 1 atom stereocenters. The predicted molar refractivity (Wildman–Crippen MR) is 89.6 cm³/mol. The summed E-state index contributed by atoms with van der Waals surface area (Å²) in [4.78, 5) is 5.08. The maximum Gasteiger partial charge on any atom is 0.0248 e. The Morgan fingerprint density at radius 3 is 2.37 bits per heavy atom. The van der Waals surface area contributed by atoms with E-state index in [9.17, 15) is 0 Å². The van der Waals surface area contributed by atoms with Crippen molar-refractivity contribution >= 4 is 23.5 Å². The van der Waals surface area contributed by atoms with Crippen molar-refractivity contribution in [1.29, 1.82) is 0 Å². The minimum Gasteiger partial charge on any atom is -0.312 e. The largest absolute Gasteiger partial charge is 0.312 e. The highest BCUT2D eigenvalue weighted by molar-refractivity contribution is 8.03. The van der Waals surface area contributed by atoms with E-state index in [0.29, 0.717) is 0 Å². The Morgan fingerprint density at radius 1 is 1.11 bits per heavy atom. The van der Waals surface area contributed by atoms with Crippen LogP contribution in [-0.4, -0.2) is 84.7 Å². The van der Waals surface area contributed by atoms with Crippen LogP contribution in [-0.2, 0) is 0 Å². The van der Waals surface area contributed by atoms with Gasteiger partial charge in [0.05, 0.1) is 0 Å². The summed E-state index contributed by atoms with van der Waals surface area (Å²) >= 11 is 4.22. The molecule has 0 bridgehead atoms. The fraction of sp³-hybridized carbons (Fsp3) is 1.00. The molecule has 2 heterocycles. The Hall–Kier alpha value is 0.580. The van der Waals surface area contributed by atoms with Crippen molar-refractivity contribution in [1.82, 2.24) is 15.1 Å². The maximum atomic E-state index is 3.76. The molecule has 2 saturated heterocycles. The van der Waals surface area contributed by atoms with E-state index in [1.54, 1.807) is 0 Å². The van der Waals surface area contributed by atoms with E-state index >= 15 is 0 Å². The lowest BCUT2D eigenvalue weighted by Crippen LogP contribution is -2.49. The van der Waals surface area contributed by atoms with E-state index in [2.05, 4.69) is 52.6 Å². The molecular formula is C14H29N3S2. The highest BCUT2D eigenvalue weighted by Gasteiger charge is 2.19. The van der Waals surface area contributed by atoms with Crippen LogP contribution in [0.2, 0.25) is 0 Å². The molecule has 2 aliphatic rings. The molecule has 0 aromatic heterocycles. The van der Waals surface area contributed by atoms with Crippen molar-refractivity contribution in [2.45, 2.75) is 25.4 Å². The van der Waals surface area contributed by atoms with Gasteiger partial charge in [0.25, 0.3) is 0 Å². The number of likely N-dealkylation sites (N-methyl/N-ethyl adjacent to an activating group) is 1. The zero-order valence-corrected chi connectivity index (χ0v) is 14.1. The van der Waals surface area contributed by atoms with Crippen molar-refractivity contribution in [2.75, 3.05) is 62.8 Å². The highest BCUT2D eigenvalue weighted by Crippen LogP contribution is 2.16. The van der Waals surface area contributed by atoms with E-state index in [0.717, 1.165) is 12.1 Å². The van der Waals surface area contributed by atoms with Gasteiger partial charge in [0, 0.05) is 61.3 Å². The van der Waals surface area contributed by atoms with Gasteiger partial charge in [0.15, 0.2) is 0 Å². The van der Waals surface area contributed by atoms with Gasteiger partial charge in [-0.1, -0.05) is 0 Å². The average Bonchev–Trinajstić information content (AvgIpc) is 2.68. The van der Waals surface area contributed by atoms with Crippen LogP contribution < -0.4 is 5.32 Å². The number of rotatable bonds is 5. The van der Waals surface area contributed by atoms with Crippen molar-refractivity contribution < 1.29 is 0 Å². The molecule has 0 aliphatic carbocycles. The van der Waals surface area contributed by atoms with Crippen LogP contribution in [0.25, 0.3) is 0 Å². The fourth-order valence-electron chi connectivity index (χ4n) is 2.68. The first-order valence-corrected chi connectivity index (χ1v) is 9.88. The second-order valence-electron chi connectivity index (χ2n) is 5.78. The molecule has 0 unspecified atom stereocenters. The van der Waals surface area contributed by atoms with Gasteiger partial charge < -0.3 is 10.2 Å². The van der Waals surface area contributed by atoms with Crippen LogP contribution in [0.5, 0.6) is 0 Å². The van der Waals surface area contributed by atoms with Gasteiger partial charge in [-0.3, -0.25) is 4.90 Å². The lowest BCUT2D eigenvalue weighted by molar-refractivity contribution is 0.114. The summed E-state index contributed by atoms with van der Waals surface area (Å²) in [6.45, 7) is 8.52. The third-order valence-corrected chi connectivity index (χ3v) is 6.69. The molecule has 3 nitrogen and oxygen atoms in total. The van der Waals surface area contributed by atoms with Crippen LogP contribution in [0, 0.1) is 0 Å². The third kappa shape index (κ3) is 5.84. The van der Waals surface area contributed by atoms with Gasteiger partial charge in [0.2, 0.25) is 0 Å². The van der Waals surface area contributed by atoms with Gasteiger partial charge in [0.1, 0.15) is 0 Å². The Morgan fingerprint density at radius 2 is 1.74 bits per heavy atom. The number of nitrogens with zero attached hydrogens (tertiary/aromatic N) is 2. The molecule has 2 rings (SSSR count). The molecule has 0 aromatic rings. The van der Waals surface area contributed by atoms with E-state index in [1.807, 2.05) is 0 Å². The van der Waals surface area contributed by atoms with Crippen LogP contribution in [0.1, 0.15) is 13.3 Å². The zero-order valence-electron chi connectivity index (χ0n) is 12.4. The van der Waals surface area contributed by atoms with Crippen molar-refractivity contribution in [3.8, 4) is 0 Å². The third-order valence-electron chi connectivity index (χ3n) is 4.17. The summed E-state index contributed by atoms with van der Waals surface area (Å²) in [5.74, 6) is 5.27. The zero-order chi connectivity index (χ0) is 13.5. The molecular weight excluding hydrogens is 274 g/mol. The van der Waals surface area contributed by atoms with E-state index in [4.69, 9.17) is 0 Å². The molecule has 0 spiro atoms. The summed E-state index contributed by atoms with van der Waals surface area (Å²) < 4.78 is 0. The van der Waals surface area contributed by atoms with Crippen LogP contribution >= 0.6 is 23.5 Å². The average molecular weight is 304 g/mol. The van der Waals surface area contributed by atoms with Gasteiger partial charge in [-0.2, -0.15) is 23.5 Å². The molecule has 0 radical (unpaired) electrons. The smallest absolute Gasteiger partial charge is 0.0248 e. The summed E-state index contributed by atoms with van der Waals surface area (Å²) in [6, 6.07) is 1.46. The number of piperazine rings is 1. The summed E-state index contributed by atoms with van der Waals surface area (Å²) in [5.41, 5.74) is 0. The molecule has 0 saturated carbocycles. The highest BCUT2D eigenvalue weighted by atomic mass is 32.2. The normalized spacial score (nSPS) is 26.2. The van der Waals surface area contributed by atoms with Crippen molar-refractivity contribution in [3.63, 3.8) is 0 Å². The molecule has 0 amide bonds. The SMILES string of the molecule is C[C@H](CCNC1CSCCSC1)N1CCN(C)CC1. The van der Waals surface area contributed by atoms with E-state index < -0.39 is 0 Å². The maximum absolute atomic E-state index is 3.76. The van der Waals surface area contributed by atoms with Gasteiger partial charge in [-0.05, 0) is 26.9 Å². The van der Waals surface area contributed by atoms with Crippen LogP contribution in [0.15, 0.2) is 0 Å².